The summed E-state index contributed by atoms with van der Waals surface area (Å²) >= 11 is 7.45. The van der Waals surface area contributed by atoms with Crippen molar-refractivity contribution in [3.63, 3.8) is 0 Å². The Bertz CT molecular complexity index is 601. The Morgan fingerprint density at radius 1 is 1.35 bits per heavy atom. The number of likely N-dealkylation sites (N-methyl/N-ethyl adjacent to an activating group) is 1. The van der Waals surface area contributed by atoms with Gasteiger partial charge in [-0.15, -0.1) is 11.8 Å². The van der Waals surface area contributed by atoms with Crippen LogP contribution in [0, 0.1) is 0 Å². The van der Waals surface area contributed by atoms with E-state index in [2.05, 4.69) is 0 Å². The minimum Gasteiger partial charge on any atom is -0.342 e. The van der Waals surface area contributed by atoms with Gasteiger partial charge in [-0.25, -0.2) is 0 Å². The van der Waals surface area contributed by atoms with Crippen molar-refractivity contribution >= 4 is 41.3 Å². The highest BCUT2D eigenvalue weighted by atomic mass is 35.5. The van der Waals surface area contributed by atoms with Crippen molar-refractivity contribution in [2.24, 2.45) is 0 Å². The molecule has 1 aromatic rings. The number of hydrogen-bond acceptors (Lipinski definition) is 3. The molecule has 2 amide bonds. The summed E-state index contributed by atoms with van der Waals surface area (Å²) in [5, 5.41) is 0.659. The first-order chi connectivity index (χ1) is 10.9. The molecule has 1 atom stereocenters. The Morgan fingerprint density at radius 3 is 2.61 bits per heavy atom. The molecule has 6 heteroatoms. The van der Waals surface area contributed by atoms with Crippen LogP contribution >= 0.6 is 23.4 Å². The zero-order chi connectivity index (χ0) is 17.0. The van der Waals surface area contributed by atoms with E-state index in [0.717, 1.165) is 5.56 Å². The SMILES string of the molecule is CC(C)N(C)C(=O)C1CSCN1C(=O)C=Cc1ccc(Cl)cc1. The van der Waals surface area contributed by atoms with E-state index in [1.165, 1.54) is 6.08 Å². The van der Waals surface area contributed by atoms with E-state index in [-0.39, 0.29) is 23.9 Å². The van der Waals surface area contributed by atoms with Gasteiger partial charge in [0.1, 0.15) is 6.04 Å². The Kier molecular flexibility index (Phi) is 6.13. The topological polar surface area (TPSA) is 40.6 Å². The lowest BCUT2D eigenvalue weighted by Crippen LogP contribution is -2.49. The van der Waals surface area contributed by atoms with Crippen LogP contribution in [0.15, 0.2) is 30.3 Å². The van der Waals surface area contributed by atoms with Crippen molar-refractivity contribution in [1.29, 1.82) is 0 Å². The minimum atomic E-state index is -0.380. The monoisotopic (exact) mass is 352 g/mol. The molecule has 1 aromatic carbocycles. The van der Waals surface area contributed by atoms with Gasteiger partial charge in [0.25, 0.3) is 0 Å². The van der Waals surface area contributed by atoms with Gasteiger partial charge in [-0.05, 0) is 37.6 Å². The Morgan fingerprint density at radius 2 is 2.00 bits per heavy atom. The second-order valence-electron chi connectivity index (χ2n) is 5.75. The van der Waals surface area contributed by atoms with E-state index in [9.17, 15) is 9.59 Å². The molecule has 0 saturated carbocycles. The highest BCUT2D eigenvalue weighted by molar-refractivity contribution is 7.99. The molecule has 0 radical (unpaired) electrons. The van der Waals surface area contributed by atoms with Crippen LogP contribution in [0.5, 0.6) is 0 Å². The number of carbonyl (C=O) groups is 2. The lowest BCUT2D eigenvalue weighted by atomic mass is 10.2. The molecule has 1 saturated heterocycles. The maximum absolute atomic E-state index is 12.5. The molecule has 0 aromatic heterocycles. The van der Waals surface area contributed by atoms with Crippen molar-refractivity contribution < 1.29 is 9.59 Å². The summed E-state index contributed by atoms with van der Waals surface area (Å²) in [4.78, 5) is 28.2. The Balaban J connectivity index is 2.05. The van der Waals surface area contributed by atoms with Gasteiger partial charge >= 0.3 is 0 Å². The lowest BCUT2D eigenvalue weighted by molar-refractivity contribution is -0.141. The van der Waals surface area contributed by atoms with Crippen molar-refractivity contribution in [1.82, 2.24) is 9.80 Å². The van der Waals surface area contributed by atoms with Gasteiger partial charge in [0, 0.05) is 29.9 Å². The fourth-order valence-electron chi connectivity index (χ4n) is 2.19. The number of benzene rings is 1. The normalized spacial score (nSPS) is 18.0. The molecule has 0 N–H and O–H groups in total. The van der Waals surface area contributed by atoms with E-state index >= 15 is 0 Å². The van der Waals surface area contributed by atoms with E-state index < -0.39 is 0 Å². The molecule has 1 fully saturated rings. The number of hydrogen-bond donors (Lipinski definition) is 0. The van der Waals surface area contributed by atoms with Gasteiger partial charge in [-0.3, -0.25) is 9.59 Å². The van der Waals surface area contributed by atoms with Crippen molar-refractivity contribution in [3.8, 4) is 0 Å². The first-order valence-corrected chi connectivity index (χ1v) is 9.02. The van der Waals surface area contributed by atoms with Crippen LogP contribution in [-0.4, -0.2) is 52.4 Å². The fraction of sp³-hybridized carbons (Fsp3) is 0.412. The third-order valence-corrected chi connectivity index (χ3v) is 5.13. The average molecular weight is 353 g/mol. The Labute approximate surface area is 146 Å². The number of amides is 2. The third kappa shape index (κ3) is 4.52. The predicted molar refractivity (Wildman–Crippen MR) is 96.4 cm³/mol. The molecule has 0 aliphatic carbocycles. The third-order valence-electron chi connectivity index (χ3n) is 3.86. The smallest absolute Gasteiger partial charge is 0.247 e. The quantitative estimate of drug-likeness (QED) is 0.782. The molecule has 23 heavy (non-hydrogen) atoms. The van der Waals surface area contributed by atoms with Crippen LogP contribution in [0.2, 0.25) is 5.02 Å². The van der Waals surface area contributed by atoms with E-state index in [0.29, 0.717) is 16.7 Å². The van der Waals surface area contributed by atoms with Gasteiger partial charge in [0.2, 0.25) is 11.8 Å². The molecule has 1 aliphatic rings. The molecule has 2 rings (SSSR count). The standard InChI is InChI=1S/C17H21ClN2O2S/c1-12(2)19(3)17(22)15-10-23-11-20(15)16(21)9-6-13-4-7-14(18)8-5-13/h4-9,12,15H,10-11H2,1-3H3. The zero-order valence-corrected chi connectivity index (χ0v) is 15.1. The molecule has 1 heterocycles. The molecule has 1 aliphatic heterocycles. The van der Waals surface area contributed by atoms with Crippen LogP contribution in [0.25, 0.3) is 6.08 Å². The number of nitrogens with zero attached hydrogens (tertiary/aromatic N) is 2. The number of rotatable bonds is 4. The summed E-state index contributed by atoms with van der Waals surface area (Å²) in [5.74, 6) is 1.06. The average Bonchev–Trinajstić information content (AvgIpc) is 3.02. The molecule has 4 nitrogen and oxygen atoms in total. The molecule has 0 bridgehead atoms. The molecular weight excluding hydrogens is 332 g/mol. The van der Waals surface area contributed by atoms with Gasteiger partial charge < -0.3 is 9.80 Å². The summed E-state index contributed by atoms with van der Waals surface area (Å²) in [6, 6.07) is 6.99. The molecular formula is C17H21ClN2O2S. The van der Waals surface area contributed by atoms with Crippen LogP contribution in [-0.2, 0) is 9.59 Å². The first-order valence-electron chi connectivity index (χ1n) is 7.49. The largest absolute Gasteiger partial charge is 0.342 e. The van der Waals surface area contributed by atoms with Crippen molar-refractivity contribution in [3.05, 3.63) is 40.9 Å². The zero-order valence-electron chi connectivity index (χ0n) is 13.5. The van der Waals surface area contributed by atoms with Gasteiger partial charge in [0.15, 0.2) is 0 Å². The lowest BCUT2D eigenvalue weighted by Gasteiger charge is -2.29. The second-order valence-corrected chi connectivity index (χ2v) is 7.19. The van der Waals surface area contributed by atoms with Gasteiger partial charge in [0.05, 0.1) is 5.88 Å². The highest BCUT2D eigenvalue weighted by Crippen LogP contribution is 2.23. The summed E-state index contributed by atoms with van der Waals surface area (Å²) in [6.45, 7) is 3.93. The van der Waals surface area contributed by atoms with E-state index in [1.807, 2.05) is 26.0 Å². The molecule has 1 unspecified atom stereocenters. The predicted octanol–water partition coefficient (Wildman–Crippen LogP) is 3.12. The summed E-state index contributed by atoms with van der Waals surface area (Å²) < 4.78 is 0. The van der Waals surface area contributed by atoms with Gasteiger partial charge in [-0.1, -0.05) is 23.7 Å². The summed E-state index contributed by atoms with van der Waals surface area (Å²) in [7, 11) is 1.78. The Hall–Kier alpha value is -1.46. The number of thioether (sulfide) groups is 1. The minimum absolute atomic E-state index is 0.00163. The van der Waals surface area contributed by atoms with Crippen molar-refractivity contribution in [2.75, 3.05) is 18.7 Å². The molecule has 0 spiro atoms. The van der Waals surface area contributed by atoms with E-state index in [1.54, 1.807) is 46.8 Å². The number of halogens is 1. The van der Waals surface area contributed by atoms with Crippen LogP contribution in [0.1, 0.15) is 19.4 Å². The van der Waals surface area contributed by atoms with Crippen LogP contribution < -0.4 is 0 Å². The molecule has 124 valence electrons. The summed E-state index contributed by atoms with van der Waals surface area (Å²) in [5.41, 5.74) is 0.900. The summed E-state index contributed by atoms with van der Waals surface area (Å²) in [6.07, 6.45) is 3.26. The van der Waals surface area contributed by atoms with Gasteiger partial charge in [-0.2, -0.15) is 0 Å². The van der Waals surface area contributed by atoms with E-state index in [4.69, 9.17) is 11.6 Å². The first kappa shape index (κ1) is 17.9. The second kappa shape index (κ2) is 7.88. The van der Waals surface area contributed by atoms with Crippen LogP contribution in [0.4, 0.5) is 0 Å². The van der Waals surface area contributed by atoms with Crippen LogP contribution in [0.3, 0.4) is 0 Å². The number of carbonyl (C=O) groups excluding carboxylic acids is 2. The van der Waals surface area contributed by atoms with Crippen molar-refractivity contribution in [2.45, 2.75) is 25.9 Å². The fourth-order valence-corrected chi connectivity index (χ4v) is 3.47. The highest BCUT2D eigenvalue weighted by Gasteiger charge is 2.35. The maximum Gasteiger partial charge on any atom is 0.247 e. The maximum atomic E-state index is 12.5.